The van der Waals surface area contributed by atoms with Crippen LogP contribution in [-0.2, 0) is 9.59 Å². The van der Waals surface area contributed by atoms with Gasteiger partial charge in [0, 0.05) is 16.6 Å². The molecule has 7 nitrogen and oxygen atoms in total. The van der Waals surface area contributed by atoms with Gasteiger partial charge >= 0.3 is 0 Å². The lowest BCUT2D eigenvalue weighted by Gasteiger charge is -2.16. The highest BCUT2D eigenvalue weighted by molar-refractivity contribution is 7.11. The van der Waals surface area contributed by atoms with Gasteiger partial charge in [-0.25, -0.2) is 4.90 Å². The number of carbonyl (C=O) groups excluding carboxylic acids is 2. The Morgan fingerprint density at radius 3 is 2.65 bits per heavy atom. The summed E-state index contributed by atoms with van der Waals surface area (Å²) in [5.41, 5.74) is 1.43. The van der Waals surface area contributed by atoms with E-state index in [-0.39, 0.29) is 12.5 Å². The Labute approximate surface area is 186 Å². The van der Waals surface area contributed by atoms with Gasteiger partial charge in [-0.15, -0.1) is 11.3 Å². The Kier molecular flexibility index (Phi) is 4.80. The SMILES string of the molecule is COc1ccc(N2C(=O)C(Nc3ccc4c(c3)OCO4)=C(c3cccs3)C2=O)cc1Cl. The molecule has 2 amide bonds. The number of nitrogens with zero attached hydrogens (tertiary/aromatic N) is 1. The van der Waals surface area contributed by atoms with E-state index in [1.165, 1.54) is 24.5 Å². The number of methoxy groups -OCH3 is 1. The predicted octanol–water partition coefficient (Wildman–Crippen LogP) is 4.54. The second-order valence-electron chi connectivity index (χ2n) is 6.68. The second-order valence-corrected chi connectivity index (χ2v) is 8.04. The fraction of sp³-hybridized carbons (Fsp3) is 0.0909. The first-order valence-corrected chi connectivity index (χ1v) is 10.5. The fourth-order valence-electron chi connectivity index (χ4n) is 3.44. The average Bonchev–Trinajstić information content (AvgIpc) is 3.49. The van der Waals surface area contributed by atoms with Crippen LogP contribution >= 0.6 is 22.9 Å². The molecule has 0 unspecified atom stereocenters. The Morgan fingerprint density at radius 1 is 1.06 bits per heavy atom. The number of ether oxygens (including phenoxy) is 3. The van der Waals surface area contributed by atoms with E-state index >= 15 is 0 Å². The van der Waals surface area contributed by atoms with E-state index in [0.29, 0.717) is 44.1 Å². The molecule has 9 heteroatoms. The molecule has 0 spiro atoms. The molecule has 0 aliphatic carbocycles. The zero-order valence-corrected chi connectivity index (χ0v) is 17.8. The second kappa shape index (κ2) is 7.64. The molecule has 2 aromatic carbocycles. The van der Waals surface area contributed by atoms with Gasteiger partial charge in [0.05, 0.1) is 23.4 Å². The van der Waals surface area contributed by atoms with Crippen molar-refractivity contribution in [1.82, 2.24) is 0 Å². The molecule has 31 heavy (non-hydrogen) atoms. The number of imide groups is 1. The summed E-state index contributed by atoms with van der Waals surface area (Å²) in [6, 6.07) is 13.6. The Morgan fingerprint density at radius 2 is 1.90 bits per heavy atom. The van der Waals surface area contributed by atoms with Crippen LogP contribution in [-0.4, -0.2) is 25.7 Å². The lowest BCUT2D eigenvalue weighted by atomic mass is 10.1. The number of carbonyl (C=O) groups is 2. The maximum absolute atomic E-state index is 13.4. The van der Waals surface area contributed by atoms with Crippen molar-refractivity contribution < 1.29 is 23.8 Å². The summed E-state index contributed by atoms with van der Waals surface area (Å²) < 4.78 is 15.9. The number of rotatable bonds is 5. The molecule has 0 saturated carbocycles. The Balaban J connectivity index is 1.56. The molecular formula is C22H15ClN2O5S. The molecule has 5 rings (SSSR count). The van der Waals surface area contributed by atoms with Crippen LogP contribution in [0.3, 0.4) is 0 Å². The number of fused-ring (bicyclic) bond motifs is 1. The molecule has 156 valence electrons. The highest BCUT2D eigenvalue weighted by Crippen LogP contribution is 2.39. The smallest absolute Gasteiger partial charge is 0.282 e. The van der Waals surface area contributed by atoms with Crippen molar-refractivity contribution in [2.75, 3.05) is 24.1 Å². The maximum atomic E-state index is 13.4. The van der Waals surface area contributed by atoms with Crippen LogP contribution in [0.4, 0.5) is 11.4 Å². The summed E-state index contributed by atoms with van der Waals surface area (Å²) in [4.78, 5) is 28.5. The molecule has 3 aromatic rings. The molecule has 0 atom stereocenters. The van der Waals surface area contributed by atoms with Gasteiger partial charge in [0.15, 0.2) is 11.5 Å². The van der Waals surface area contributed by atoms with E-state index in [9.17, 15) is 9.59 Å². The summed E-state index contributed by atoms with van der Waals surface area (Å²) in [5.74, 6) is 0.735. The highest BCUT2D eigenvalue weighted by Gasteiger charge is 2.41. The monoisotopic (exact) mass is 454 g/mol. The summed E-state index contributed by atoms with van der Waals surface area (Å²) in [7, 11) is 1.50. The third kappa shape index (κ3) is 3.30. The van der Waals surface area contributed by atoms with Crippen molar-refractivity contribution in [3.63, 3.8) is 0 Å². The van der Waals surface area contributed by atoms with Gasteiger partial charge in [-0.1, -0.05) is 17.7 Å². The van der Waals surface area contributed by atoms with Gasteiger partial charge in [0.1, 0.15) is 11.4 Å². The van der Waals surface area contributed by atoms with E-state index in [4.69, 9.17) is 25.8 Å². The first-order chi connectivity index (χ1) is 15.1. The number of thiophene rings is 1. The normalized spacial score (nSPS) is 15.1. The molecule has 0 radical (unpaired) electrons. The molecule has 2 aliphatic heterocycles. The topological polar surface area (TPSA) is 77.1 Å². The zero-order chi connectivity index (χ0) is 21.5. The lowest BCUT2D eigenvalue weighted by Crippen LogP contribution is -2.32. The lowest BCUT2D eigenvalue weighted by molar-refractivity contribution is -0.120. The van der Waals surface area contributed by atoms with Crippen LogP contribution in [0.5, 0.6) is 17.2 Å². The first-order valence-electron chi connectivity index (χ1n) is 9.24. The van der Waals surface area contributed by atoms with Crippen LogP contribution in [0.2, 0.25) is 5.02 Å². The number of halogens is 1. The van der Waals surface area contributed by atoms with Gasteiger partial charge in [0.2, 0.25) is 6.79 Å². The van der Waals surface area contributed by atoms with Crippen molar-refractivity contribution in [3.8, 4) is 17.2 Å². The van der Waals surface area contributed by atoms with Crippen LogP contribution in [0, 0.1) is 0 Å². The van der Waals surface area contributed by atoms with E-state index in [1.807, 2.05) is 11.4 Å². The quantitative estimate of drug-likeness (QED) is 0.570. The van der Waals surface area contributed by atoms with Crippen molar-refractivity contribution in [3.05, 3.63) is 69.5 Å². The largest absolute Gasteiger partial charge is 0.495 e. The van der Waals surface area contributed by atoms with Crippen molar-refractivity contribution in [2.24, 2.45) is 0 Å². The fourth-order valence-corrected chi connectivity index (χ4v) is 4.46. The predicted molar refractivity (Wildman–Crippen MR) is 118 cm³/mol. The van der Waals surface area contributed by atoms with Crippen molar-refractivity contribution >= 4 is 51.7 Å². The molecule has 3 heterocycles. The van der Waals surface area contributed by atoms with Gasteiger partial charge in [-0.3, -0.25) is 9.59 Å². The summed E-state index contributed by atoms with van der Waals surface area (Å²) in [5, 5.41) is 5.26. The summed E-state index contributed by atoms with van der Waals surface area (Å²) in [6.45, 7) is 0.144. The van der Waals surface area contributed by atoms with Gasteiger partial charge in [0.25, 0.3) is 11.8 Å². The summed E-state index contributed by atoms with van der Waals surface area (Å²) in [6.07, 6.45) is 0. The molecule has 0 bridgehead atoms. The summed E-state index contributed by atoms with van der Waals surface area (Å²) >= 11 is 7.61. The van der Waals surface area contributed by atoms with Gasteiger partial charge in [-0.05, 0) is 41.8 Å². The van der Waals surface area contributed by atoms with Crippen LogP contribution in [0.25, 0.3) is 5.57 Å². The Bertz CT molecular complexity index is 1240. The van der Waals surface area contributed by atoms with Gasteiger partial charge < -0.3 is 19.5 Å². The van der Waals surface area contributed by atoms with Crippen molar-refractivity contribution in [1.29, 1.82) is 0 Å². The number of nitrogens with one attached hydrogen (secondary N) is 1. The first kappa shape index (κ1) is 19.5. The number of hydrogen-bond acceptors (Lipinski definition) is 7. The van der Waals surface area contributed by atoms with E-state index < -0.39 is 11.8 Å². The number of benzene rings is 2. The maximum Gasteiger partial charge on any atom is 0.282 e. The third-order valence-corrected chi connectivity index (χ3v) is 6.07. The minimum Gasteiger partial charge on any atom is -0.495 e. The molecule has 2 aliphatic rings. The molecular weight excluding hydrogens is 440 g/mol. The van der Waals surface area contributed by atoms with Crippen LogP contribution in [0.15, 0.2) is 59.6 Å². The third-order valence-electron chi connectivity index (χ3n) is 4.89. The molecule has 1 N–H and O–H groups in total. The highest BCUT2D eigenvalue weighted by atomic mass is 35.5. The minimum atomic E-state index is -0.479. The van der Waals surface area contributed by atoms with E-state index in [0.717, 1.165) is 4.90 Å². The minimum absolute atomic E-state index is 0.144. The Hall–Kier alpha value is -3.49. The molecule has 0 fully saturated rings. The van der Waals surface area contributed by atoms with E-state index in [1.54, 1.807) is 36.4 Å². The van der Waals surface area contributed by atoms with Crippen LogP contribution in [0.1, 0.15) is 4.88 Å². The molecule has 0 saturated heterocycles. The van der Waals surface area contributed by atoms with E-state index in [2.05, 4.69) is 5.32 Å². The number of anilines is 2. The standard InChI is InChI=1S/C22H15ClN2O5S/c1-28-15-7-5-13(10-14(15)23)25-21(26)19(18-3-2-8-31-18)20(22(25)27)24-12-4-6-16-17(9-12)30-11-29-16/h2-10,24H,11H2,1H3. The van der Waals surface area contributed by atoms with Gasteiger partial charge in [-0.2, -0.15) is 0 Å². The number of hydrogen-bond donors (Lipinski definition) is 1. The number of amides is 2. The van der Waals surface area contributed by atoms with Crippen molar-refractivity contribution in [2.45, 2.75) is 0 Å². The zero-order valence-electron chi connectivity index (χ0n) is 16.2. The molecule has 1 aromatic heterocycles. The van der Waals surface area contributed by atoms with Crippen LogP contribution < -0.4 is 24.4 Å². The average molecular weight is 455 g/mol.